The highest BCUT2D eigenvalue weighted by Crippen LogP contribution is 2.07. The minimum Gasteiger partial charge on any atom is -0.355 e. The molecule has 1 saturated heterocycles. The summed E-state index contributed by atoms with van der Waals surface area (Å²) < 4.78 is 0. The second kappa shape index (κ2) is 8.64. The molecule has 0 spiro atoms. The Bertz CT molecular complexity index is 513. The summed E-state index contributed by atoms with van der Waals surface area (Å²) in [5.41, 5.74) is 7.14. The van der Waals surface area contributed by atoms with E-state index in [0.29, 0.717) is 45.7 Å². The third-order valence-electron chi connectivity index (χ3n) is 4.04. The predicted octanol–water partition coefficient (Wildman–Crippen LogP) is -0.163. The zero-order chi connectivity index (χ0) is 16.7. The summed E-state index contributed by atoms with van der Waals surface area (Å²) in [5, 5.41) is 2.79. The van der Waals surface area contributed by atoms with E-state index in [1.54, 1.807) is 0 Å². The molecule has 23 heavy (non-hydrogen) atoms. The molecule has 1 fully saturated rings. The molecule has 1 aromatic rings. The van der Waals surface area contributed by atoms with Gasteiger partial charge in [0.15, 0.2) is 0 Å². The second-order valence-corrected chi connectivity index (χ2v) is 5.85. The number of likely N-dealkylation sites (N-methyl/N-ethyl adjacent to an activating group) is 1. The van der Waals surface area contributed by atoms with Crippen LogP contribution < -0.4 is 11.1 Å². The topological polar surface area (TPSA) is 78.7 Å². The number of amides is 2. The zero-order valence-electron chi connectivity index (χ0n) is 13.7. The van der Waals surface area contributed by atoms with Crippen LogP contribution in [0.1, 0.15) is 12.5 Å². The lowest BCUT2D eigenvalue weighted by atomic mass is 10.1. The molecule has 2 amide bonds. The van der Waals surface area contributed by atoms with Crippen LogP contribution in [0, 0.1) is 0 Å². The monoisotopic (exact) mass is 318 g/mol. The van der Waals surface area contributed by atoms with Crippen molar-refractivity contribution in [3.8, 4) is 0 Å². The highest BCUT2D eigenvalue weighted by molar-refractivity contribution is 5.82. The standard InChI is InChI=1S/C17H26N4O2/c1-2-19-16(22)13-20-8-10-21(11-9-20)17(23)15(18)12-14-6-4-3-5-7-14/h3-7,15H,2,8-13,18H2,1H3,(H,19,22)/t15-/m0/s1. The number of hydrogen-bond donors (Lipinski definition) is 2. The Labute approximate surface area is 137 Å². The van der Waals surface area contributed by atoms with Gasteiger partial charge in [0.2, 0.25) is 11.8 Å². The van der Waals surface area contributed by atoms with Gasteiger partial charge in [0.1, 0.15) is 0 Å². The van der Waals surface area contributed by atoms with Gasteiger partial charge in [-0.05, 0) is 18.9 Å². The van der Waals surface area contributed by atoms with Crippen molar-refractivity contribution in [2.24, 2.45) is 5.73 Å². The molecule has 6 nitrogen and oxygen atoms in total. The maximum Gasteiger partial charge on any atom is 0.239 e. The number of nitrogens with one attached hydrogen (secondary N) is 1. The van der Waals surface area contributed by atoms with Gasteiger partial charge in [-0.1, -0.05) is 30.3 Å². The van der Waals surface area contributed by atoms with Crippen molar-refractivity contribution in [3.63, 3.8) is 0 Å². The number of carbonyl (C=O) groups excluding carboxylic acids is 2. The number of benzene rings is 1. The van der Waals surface area contributed by atoms with E-state index in [1.807, 2.05) is 42.2 Å². The Morgan fingerprint density at radius 3 is 2.43 bits per heavy atom. The fourth-order valence-corrected chi connectivity index (χ4v) is 2.77. The first-order valence-electron chi connectivity index (χ1n) is 8.17. The molecule has 0 bridgehead atoms. The minimum atomic E-state index is -0.507. The summed E-state index contributed by atoms with van der Waals surface area (Å²) in [6.07, 6.45) is 0.554. The second-order valence-electron chi connectivity index (χ2n) is 5.85. The van der Waals surface area contributed by atoms with E-state index >= 15 is 0 Å². The first kappa shape index (κ1) is 17.4. The molecule has 1 aromatic carbocycles. The van der Waals surface area contributed by atoms with Crippen molar-refractivity contribution in [2.75, 3.05) is 39.3 Å². The number of nitrogens with two attached hydrogens (primary N) is 1. The lowest BCUT2D eigenvalue weighted by molar-refractivity contribution is -0.134. The maximum atomic E-state index is 12.4. The zero-order valence-corrected chi connectivity index (χ0v) is 13.7. The van der Waals surface area contributed by atoms with Crippen LogP contribution in [-0.4, -0.2) is 66.9 Å². The summed E-state index contributed by atoms with van der Waals surface area (Å²) in [6.45, 7) is 5.61. The number of carbonyl (C=O) groups is 2. The lowest BCUT2D eigenvalue weighted by Crippen LogP contribution is -2.54. The van der Waals surface area contributed by atoms with E-state index in [1.165, 1.54) is 0 Å². The number of nitrogens with zero attached hydrogens (tertiary/aromatic N) is 2. The Morgan fingerprint density at radius 1 is 1.17 bits per heavy atom. The molecule has 6 heteroatoms. The summed E-state index contributed by atoms with van der Waals surface area (Å²) >= 11 is 0. The number of hydrogen-bond acceptors (Lipinski definition) is 4. The van der Waals surface area contributed by atoms with Crippen molar-refractivity contribution >= 4 is 11.8 Å². The van der Waals surface area contributed by atoms with Crippen LogP contribution >= 0.6 is 0 Å². The van der Waals surface area contributed by atoms with Crippen LogP contribution in [0.25, 0.3) is 0 Å². The van der Waals surface area contributed by atoms with Crippen LogP contribution in [0.4, 0.5) is 0 Å². The maximum absolute atomic E-state index is 12.4. The van der Waals surface area contributed by atoms with Crippen LogP contribution in [-0.2, 0) is 16.0 Å². The molecule has 126 valence electrons. The molecule has 1 aliphatic rings. The Morgan fingerprint density at radius 2 is 1.83 bits per heavy atom. The molecule has 2 rings (SSSR count). The summed E-state index contributed by atoms with van der Waals surface area (Å²) in [6, 6.07) is 9.31. The largest absolute Gasteiger partial charge is 0.355 e. The molecule has 0 unspecified atom stereocenters. The van der Waals surface area contributed by atoms with Crippen LogP contribution in [0.2, 0.25) is 0 Å². The Kier molecular flexibility index (Phi) is 6.55. The van der Waals surface area contributed by atoms with Crippen LogP contribution in [0.3, 0.4) is 0 Å². The molecule has 3 N–H and O–H groups in total. The molecule has 1 atom stereocenters. The van der Waals surface area contributed by atoms with Gasteiger partial charge < -0.3 is 16.0 Å². The summed E-state index contributed by atoms with van der Waals surface area (Å²) in [4.78, 5) is 27.9. The molecule has 0 aliphatic carbocycles. The molecule has 0 radical (unpaired) electrons. The fourth-order valence-electron chi connectivity index (χ4n) is 2.77. The normalized spacial score (nSPS) is 16.9. The first-order chi connectivity index (χ1) is 11.1. The van der Waals surface area contributed by atoms with Crippen molar-refractivity contribution in [2.45, 2.75) is 19.4 Å². The van der Waals surface area contributed by atoms with Gasteiger partial charge in [-0.2, -0.15) is 0 Å². The van der Waals surface area contributed by atoms with E-state index in [0.717, 1.165) is 5.56 Å². The Balaban J connectivity index is 1.78. The summed E-state index contributed by atoms with van der Waals surface area (Å²) in [5.74, 6) is 0.0274. The Hall–Kier alpha value is -1.92. The van der Waals surface area contributed by atoms with Crippen LogP contribution in [0.5, 0.6) is 0 Å². The van der Waals surface area contributed by atoms with Crippen molar-refractivity contribution in [1.82, 2.24) is 15.1 Å². The third kappa shape index (κ3) is 5.33. The third-order valence-corrected chi connectivity index (χ3v) is 4.04. The van der Waals surface area contributed by atoms with Gasteiger partial charge in [0, 0.05) is 32.7 Å². The van der Waals surface area contributed by atoms with E-state index in [-0.39, 0.29) is 11.8 Å². The quantitative estimate of drug-likeness (QED) is 0.764. The van der Waals surface area contributed by atoms with Gasteiger partial charge in [0.25, 0.3) is 0 Å². The molecule has 0 aromatic heterocycles. The first-order valence-corrected chi connectivity index (χ1v) is 8.17. The smallest absolute Gasteiger partial charge is 0.239 e. The van der Waals surface area contributed by atoms with Crippen LogP contribution in [0.15, 0.2) is 30.3 Å². The van der Waals surface area contributed by atoms with E-state index in [4.69, 9.17) is 5.73 Å². The SMILES string of the molecule is CCNC(=O)CN1CCN(C(=O)[C@@H](N)Cc2ccccc2)CC1. The lowest BCUT2D eigenvalue weighted by Gasteiger charge is -2.35. The molecular formula is C17H26N4O2. The highest BCUT2D eigenvalue weighted by Gasteiger charge is 2.25. The predicted molar refractivity (Wildman–Crippen MR) is 89.8 cm³/mol. The van der Waals surface area contributed by atoms with Gasteiger partial charge in [-0.25, -0.2) is 0 Å². The molecular weight excluding hydrogens is 292 g/mol. The fraction of sp³-hybridized carbons (Fsp3) is 0.529. The average Bonchev–Trinajstić information content (AvgIpc) is 2.56. The molecule has 1 heterocycles. The van der Waals surface area contributed by atoms with E-state index in [2.05, 4.69) is 10.2 Å². The van der Waals surface area contributed by atoms with Gasteiger partial charge in [-0.15, -0.1) is 0 Å². The minimum absolute atomic E-state index is 0.00786. The van der Waals surface area contributed by atoms with E-state index in [9.17, 15) is 9.59 Å². The van der Waals surface area contributed by atoms with Crippen molar-refractivity contribution < 1.29 is 9.59 Å². The van der Waals surface area contributed by atoms with Gasteiger partial charge in [-0.3, -0.25) is 14.5 Å². The average molecular weight is 318 g/mol. The summed E-state index contributed by atoms with van der Waals surface area (Å²) in [7, 11) is 0. The van der Waals surface area contributed by atoms with E-state index < -0.39 is 6.04 Å². The van der Waals surface area contributed by atoms with Crippen molar-refractivity contribution in [1.29, 1.82) is 0 Å². The van der Waals surface area contributed by atoms with Gasteiger partial charge >= 0.3 is 0 Å². The number of piperazine rings is 1. The highest BCUT2D eigenvalue weighted by atomic mass is 16.2. The van der Waals surface area contributed by atoms with Gasteiger partial charge in [0.05, 0.1) is 12.6 Å². The van der Waals surface area contributed by atoms with Crippen molar-refractivity contribution in [3.05, 3.63) is 35.9 Å². The number of rotatable bonds is 6. The molecule has 1 aliphatic heterocycles. The molecule has 0 saturated carbocycles.